The molecule has 0 saturated carbocycles. The maximum atomic E-state index is 11.9. The van der Waals surface area contributed by atoms with Crippen molar-refractivity contribution in [1.29, 1.82) is 0 Å². The third-order valence-corrected chi connectivity index (χ3v) is 3.51. The minimum atomic E-state index is -0.876. The molecule has 0 aliphatic heterocycles. The molecule has 2 aromatic carbocycles. The third kappa shape index (κ3) is 5.95. The largest absolute Gasteiger partial charge is 0.481 e. The van der Waals surface area contributed by atoms with E-state index in [9.17, 15) is 14.7 Å². The molecule has 2 aromatic rings. The lowest BCUT2D eigenvalue weighted by Crippen LogP contribution is -2.27. The van der Waals surface area contributed by atoms with Crippen LogP contribution in [0, 0.1) is 0 Å². The van der Waals surface area contributed by atoms with Crippen molar-refractivity contribution in [2.24, 2.45) is 0 Å². The summed E-state index contributed by atoms with van der Waals surface area (Å²) in [4.78, 5) is 23.2. The monoisotopic (exact) mass is 341 g/mol. The number of anilines is 1. The van der Waals surface area contributed by atoms with Gasteiger partial charge < -0.3 is 9.84 Å². The number of hydrogen-bond donors (Lipinski definition) is 2. The van der Waals surface area contributed by atoms with Crippen LogP contribution < -0.4 is 5.32 Å². The smallest absolute Gasteiger partial charge is 0.412 e. The van der Waals surface area contributed by atoms with E-state index in [1.165, 1.54) is 0 Å². The Labute approximate surface area is 147 Å². The van der Waals surface area contributed by atoms with E-state index in [2.05, 4.69) is 5.32 Å². The average molecular weight is 341 g/mol. The van der Waals surface area contributed by atoms with Gasteiger partial charge in [0.1, 0.15) is 5.60 Å². The van der Waals surface area contributed by atoms with E-state index in [1.54, 1.807) is 39.0 Å². The van der Waals surface area contributed by atoms with Gasteiger partial charge in [-0.25, -0.2) is 4.79 Å². The molecule has 25 heavy (non-hydrogen) atoms. The fraction of sp³-hybridized carbons (Fsp3) is 0.300. The van der Waals surface area contributed by atoms with Crippen LogP contribution in [0.1, 0.15) is 44.2 Å². The molecule has 5 nitrogen and oxygen atoms in total. The van der Waals surface area contributed by atoms with E-state index in [-0.39, 0.29) is 12.3 Å². The summed E-state index contributed by atoms with van der Waals surface area (Å²) in [5.74, 6) is -1.17. The topological polar surface area (TPSA) is 75.6 Å². The highest BCUT2D eigenvalue weighted by atomic mass is 16.6. The van der Waals surface area contributed by atoms with Crippen molar-refractivity contribution in [3.8, 4) is 0 Å². The van der Waals surface area contributed by atoms with Gasteiger partial charge in [-0.15, -0.1) is 0 Å². The molecule has 0 spiro atoms. The minimum Gasteiger partial charge on any atom is -0.481 e. The molecular formula is C20H23NO4. The zero-order chi connectivity index (χ0) is 18.4. The summed E-state index contributed by atoms with van der Waals surface area (Å²) in [6.07, 6.45) is -0.570. The maximum absolute atomic E-state index is 11.9. The van der Waals surface area contributed by atoms with Crippen molar-refractivity contribution in [2.45, 2.75) is 38.7 Å². The van der Waals surface area contributed by atoms with Gasteiger partial charge in [0.2, 0.25) is 0 Å². The molecule has 1 unspecified atom stereocenters. The van der Waals surface area contributed by atoms with Gasteiger partial charge in [0.25, 0.3) is 0 Å². The van der Waals surface area contributed by atoms with Crippen molar-refractivity contribution in [1.82, 2.24) is 0 Å². The van der Waals surface area contributed by atoms with Crippen molar-refractivity contribution in [2.75, 3.05) is 5.32 Å². The Hall–Kier alpha value is -2.82. The normalized spacial score (nSPS) is 12.3. The lowest BCUT2D eigenvalue weighted by atomic mass is 9.88. The van der Waals surface area contributed by atoms with Crippen molar-refractivity contribution >= 4 is 17.7 Å². The van der Waals surface area contributed by atoms with E-state index in [1.807, 2.05) is 36.4 Å². The van der Waals surface area contributed by atoms with Crippen molar-refractivity contribution in [3.05, 3.63) is 65.7 Å². The number of nitrogens with one attached hydrogen (secondary N) is 1. The molecule has 2 rings (SSSR count). The summed E-state index contributed by atoms with van der Waals surface area (Å²) in [5, 5.41) is 11.9. The first-order valence-electron chi connectivity index (χ1n) is 8.11. The van der Waals surface area contributed by atoms with Gasteiger partial charge in [0.05, 0.1) is 6.42 Å². The number of carboxylic acids is 1. The average Bonchev–Trinajstić information content (AvgIpc) is 2.51. The van der Waals surface area contributed by atoms with Crippen LogP contribution in [0.5, 0.6) is 0 Å². The number of hydrogen-bond acceptors (Lipinski definition) is 3. The Kier molecular flexibility index (Phi) is 5.80. The van der Waals surface area contributed by atoms with Gasteiger partial charge in [0, 0.05) is 11.6 Å². The predicted molar refractivity (Wildman–Crippen MR) is 96.8 cm³/mol. The summed E-state index contributed by atoms with van der Waals surface area (Å²) < 4.78 is 5.25. The van der Waals surface area contributed by atoms with Crippen LogP contribution in [0.4, 0.5) is 10.5 Å². The first-order chi connectivity index (χ1) is 11.7. The Morgan fingerprint density at radius 1 is 1.04 bits per heavy atom. The van der Waals surface area contributed by atoms with Crippen LogP contribution in [-0.4, -0.2) is 22.8 Å². The molecule has 0 fully saturated rings. The first kappa shape index (κ1) is 18.5. The molecule has 0 aromatic heterocycles. The van der Waals surface area contributed by atoms with Crippen LogP contribution >= 0.6 is 0 Å². The molecule has 0 heterocycles. The number of rotatable bonds is 5. The van der Waals surface area contributed by atoms with Gasteiger partial charge in [-0.1, -0.05) is 42.5 Å². The van der Waals surface area contributed by atoms with Crippen LogP contribution in [0.3, 0.4) is 0 Å². The van der Waals surface area contributed by atoms with Crippen LogP contribution in [-0.2, 0) is 9.53 Å². The van der Waals surface area contributed by atoms with E-state index in [0.29, 0.717) is 5.69 Å². The molecule has 5 heteroatoms. The highest BCUT2D eigenvalue weighted by molar-refractivity contribution is 5.85. The zero-order valence-corrected chi connectivity index (χ0v) is 14.7. The number of aliphatic carboxylic acids is 1. The standard InChI is InChI=1S/C20H23NO4/c1-20(2,3)25-19(24)21-16-11-7-10-15(12-16)17(13-18(22)23)14-8-5-4-6-9-14/h4-12,17H,13H2,1-3H3,(H,21,24)(H,22,23). The summed E-state index contributed by atoms with van der Waals surface area (Å²) in [6.45, 7) is 5.38. The van der Waals surface area contributed by atoms with Gasteiger partial charge in [-0.2, -0.15) is 0 Å². The minimum absolute atomic E-state index is 0.0279. The lowest BCUT2D eigenvalue weighted by molar-refractivity contribution is -0.137. The zero-order valence-electron chi connectivity index (χ0n) is 14.7. The number of amides is 1. The van der Waals surface area contributed by atoms with Gasteiger partial charge in [-0.05, 0) is 44.0 Å². The molecule has 0 bridgehead atoms. The Morgan fingerprint density at radius 3 is 2.28 bits per heavy atom. The van der Waals surface area contributed by atoms with Gasteiger partial charge in [-0.3, -0.25) is 10.1 Å². The second kappa shape index (κ2) is 7.83. The Bertz CT molecular complexity index is 735. The number of carboxylic acid groups (broad SMARTS) is 1. The molecule has 0 aliphatic rings. The van der Waals surface area contributed by atoms with Gasteiger partial charge >= 0.3 is 12.1 Å². The van der Waals surface area contributed by atoms with Crippen LogP contribution in [0.25, 0.3) is 0 Å². The van der Waals surface area contributed by atoms with Gasteiger partial charge in [0.15, 0.2) is 0 Å². The fourth-order valence-electron chi connectivity index (χ4n) is 2.54. The lowest BCUT2D eigenvalue weighted by Gasteiger charge is -2.20. The number of carbonyl (C=O) groups excluding carboxylic acids is 1. The van der Waals surface area contributed by atoms with Crippen LogP contribution in [0.15, 0.2) is 54.6 Å². The summed E-state index contributed by atoms with van der Waals surface area (Å²) in [5.41, 5.74) is 1.72. The predicted octanol–water partition coefficient (Wildman–Crippen LogP) is 4.64. The molecule has 2 N–H and O–H groups in total. The second-order valence-electron chi connectivity index (χ2n) is 6.81. The molecule has 0 radical (unpaired) electrons. The fourth-order valence-corrected chi connectivity index (χ4v) is 2.54. The SMILES string of the molecule is CC(C)(C)OC(=O)Nc1cccc(C(CC(=O)O)c2ccccc2)c1. The van der Waals surface area contributed by atoms with Crippen LogP contribution in [0.2, 0.25) is 0 Å². The Balaban J connectivity index is 2.25. The van der Waals surface area contributed by atoms with E-state index in [4.69, 9.17) is 4.74 Å². The molecule has 0 saturated heterocycles. The first-order valence-corrected chi connectivity index (χ1v) is 8.11. The second-order valence-corrected chi connectivity index (χ2v) is 6.81. The maximum Gasteiger partial charge on any atom is 0.412 e. The molecule has 132 valence electrons. The van der Waals surface area contributed by atoms with E-state index < -0.39 is 17.7 Å². The molecule has 0 aliphatic carbocycles. The Morgan fingerprint density at radius 2 is 1.68 bits per heavy atom. The number of ether oxygens (including phenoxy) is 1. The van der Waals surface area contributed by atoms with E-state index in [0.717, 1.165) is 11.1 Å². The highest BCUT2D eigenvalue weighted by Gasteiger charge is 2.19. The van der Waals surface area contributed by atoms with Crippen molar-refractivity contribution < 1.29 is 19.4 Å². The number of benzene rings is 2. The van der Waals surface area contributed by atoms with E-state index >= 15 is 0 Å². The highest BCUT2D eigenvalue weighted by Crippen LogP contribution is 2.29. The molecule has 1 atom stereocenters. The molecular weight excluding hydrogens is 318 g/mol. The summed E-state index contributed by atoms with van der Waals surface area (Å²) in [6, 6.07) is 16.6. The quantitative estimate of drug-likeness (QED) is 0.830. The number of carbonyl (C=O) groups is 2. The summed E-state index contributed by atoms with van der Waals surface area (Å²) in [7, 11) is 0. The third-order valence-electron chi connectivity index (χ3n) is 3.51. The summed E-state index contributed by atoms with van der Waals surface area (Å²) >= 11 is 0. The van der Waals surface area contributed by atoms with Crippen molar-refractivity contribution in [3.63, 3.8) is 0 Å². The molecule has 1 amide bonds.